The lowest BCUT2D eigenvalue weighted by Crippen LogP contribution is -2.32. The monoisotopic (exact) mass is 338 g/mol. The van der Waals surface area contributed by atoms with Crippen molar-refractivity contribution < 1.29 is 13.2 Å². The molecule has 2 rings (SSSR count). The Morgan fingerprint density at radius 1 is 1.09 bits per heavy atom. The number of carbonyl (C=O) groups is 1. The zero-order valence-electron chi connectivity index (χ0n) is 13.9. The Morgan fingerprint density at radius 3 is 2.17 bits per heavy atom. The number of rotatable bonds is 5. The number of sulfonamides is 1. The molecule has 0 bridgehead atoms. The van der Waals surface area contributed by atoms with Gasteiger partial charge >= 0.3 is 0 Å². The lowest BCUT2D eigenvalue weighted by atomic mass is 10.2. The van der Waals surface area contributed by atoms with Crippen molar-refractivity contribution in [2.24, 2.45) is 5.92 Å². The predicted octanol–water partition coefficient (Wildman–Crippen LogP) is 2.64. The molecule has 1 amide bonds. The number of nitrogens with one attached hydrogen (secondary N) is 1. The largest absolute Gasteiger partial charge is 0.339 e. The number of carbonyl (C=O) groups excluding carboxylic acids is 1. The summed E-state index contributed by atoms with van der Waals surface area (Å²) >= 11 is 0. The molecular formula is C17H26N2O3S. The first kappa shape index (κ1) is 17.9. The van der Waals surface area contributed by atoms with Gasteiger partial charge in [-0.3, -0.25) is 4.79 Å². The molecule has 1 fully saturated rings. The second-order valence-electron chi connectivity index (χ2n) is 6.48. The highest BCUT2D eigenvalue weighted by molar-refractivity contribution is 7.89. The van der Waals surface area contributed by atoms with Gasteiger partial charge in [0.25, 0.3) is 5.91 Å². The van der Waals surface area contributed by atoms with Gasteiger partial charge in [-0.05, 0) is 43.0 Å². The second-order valence-corrected chi connectivity index (χ2v) is 8.24. The van der Waals surface area contributed by atoms with Crippen molar-refractivity contribution in [3.8, 4) is 0 Å². The molecule has 0 unspecified atom stereocenters. The highest BCUT2D eigenvalue weighted by atomic mass is 32.2. The summed E-state index contributed by atoms with van der Waals surface area (Å²) in [5.74, 6) is 0.236. The van der Waals surface area contributed by atoms with Gasteiger partial charge in [0.2, 0.25) is 10.0 Å². The minimum absolute atomic E-state index is 0.00834. The number of nitrogens with zero attached hydrogens (tertiary/aromatic N) is 1. The summed E-state index contributed by atoms with van der Waals surface area (Å²) in [5, 5.41) is 0. The zero-order valence-corrected chi connectivity index (χ0v) is 14.7. The average molecular weight is 338 g/mol. The quantitative estimate of drug-likeness (QED) is 0.897. The van der Waals surface area contributed by atoms with E-state index in [1.807, 2.05) is 18.7 Å². The first-order valence-corrected chi connectivity index (χ1v) is 9.77. The highest BCUT2D eigenvalue weighted by Crippen LogP contribution is 2.16. The van der Waals surface area contributed by atoms with E-state index in [1.54, 1.807) is 12.1 Å². The summed E-state index contributed by atoms with van der Waals surface area (Å²) in [6.07, 6.45) is 4.42. The van der Waals surface area contributed by atoms with Crippen LogP contribution >= 0.6 is 0 Å². The van der Waals surface area contributed by atoms with E-state index in [0.29, 0.717) is 12.1 Å². The molecule has 0 saturated carbocycles. The van der Waals surface area contributed by atoms with E-state index in [4.69, 9.17) is 0 Å². The van der Waals surface area contributed by atoms with Gasteiger partial charge in [-0.25, -0.2) is 13.1 Å². The molecule has 1 aromatic carbocycles. The van der Waals surface area contributed by atoms with Crippen LogP contribution in [0.1, 0.15) is 49.9 Å². The van der Waals surface area contributed by atoms with E-state index in [2.05, 4.69) is 4.72 Å². The SMILES string of the molecule is CC(C)CNS(=O)(=O)c1ccc(C(=O)N2CCCCCC2)cc1. The number of likely N-dealkylation sites (tertiary alicyclic amines) is 1. The Hall–Kier alpha value is -1.40. The first-order chi connectivity index (χ1) is 10.9. The summed E-state index contributed by atoms with van der Waals surface area (Å²) in [7, 11) is -3.50. The molecule has 6 heteroatoms. The first-order valence-electron chi connectivity index (χ1n) is 8.29. The summed E-state index contributed by atoms with van der Waals surface area (Å²) in [4.78, 5) is 14.6. The molecule has 23 heavy (non-hydrogen) atoms. The fourth-order valence-corrected chi connectivity index (χ4v) is 3.81. The van der Waals surface area contributed by atoms with Crippen LogP contribution < -0.4 is 4.72 Å². The smallest absolute Gasteiger partial charge is 0.253 e. The molecule has 1 aliphatic rings. The van der Waals surface area contributed by atoms with Crippen LogP contribution in [0, 0.1) is 5.92 Å². The van der Waals surface area contributed by atoms with Gasteiger partial charge in [-0.2, -0.15) is 0 Å². The van der Waals surface area contributed by atoms with Crippen LogP contribution in [0.3, 0.4) is 0 Å². The second kappa shape index (κ2) is 7.93. The fourth-order valence-electron chi connectivity index (χ4n) is 2.59. The van der Waals surface area contributed by atoms with Crippen molar-refractivity contribution in [3.05, 3.63) is 29.8 Å². The minimum Gasteiger partial charge on any atom is -0.339 e. The van der Waals surface area contributed by atoms with Gasteiger partial charge in [0, 0.05) is 25.2 Å². The van der Waals surface area contributed by atoms with Crippen molar-refractivity contribution in [1.29, 1.82) is 0 Å². The van der Waals surface area contributed by atoms with Gasteiger partial charge in [-0.1, -0.05) is 26.7 Å². The van der Waals surface area contributed by atoms with E-state index in [-0.39, 0.29) is 16.7 Å². The van der Waals surface area contributed by atoms with E-state index in [9.17, 15) is 13.2 Å². The molecule has 0 spiro atoms. The van der Waals surface area contributed by atoms with Crippen molar-refractivity contribution in [3.63, 3.8) is 0 Å². The standard InChI is InChI=1S/C17H26N2O3S/c1-14(2)13-18-23(21,22)16-9-7-15(8-10-16)17(20)19-11-5-3-4-6-12-19/h7-10,14,18H,3-6,11-13H2,1-2H3. The number of amides is 1. The third-order valence-electron chi connectivity index (χ3n) is 3.99. The number of benzene rings is 1. The Labute approximate surface area is 139 Å². The van der Waals surface area contributed by atoms with E-state index < -0.39 is 10.0 Å². The van der Waals surface area contributed by atoms with Crippen molar-refractivity contribution in [2.75, 3.05) is 19.6 Å². The molecule has 0 atom stereocenters. The molecule has 128 valence electrons. The molecule has 5 nitrogen and oxygen atoms in total. The van der Waals surface area contributed by atoms with Crippen LogP contribution in [-0.2, 0) is 10.0 Å². The van der Waals surface area contributed by atoms with Gasteiger partial charge in [0.15, 0.2) is 0 Å². The Morgan fingerprint density at radius 2 is 1.65 bits per heavy atom. The van der Waals surface area contributed by atoms with Gasteiger partial charge < -0.3 is 4.90 Å². The summed E-state index contributed by atoms with van der Waals surface area (Å²) < 4.78 is 26.9. The molecule has 1 aromatic rings. The molecule has 1 heterocycles. The predicted molar refractivity (Wildman–Crippen MR) is 90.8 cm³/mol. The maximum absolute atomic E-state index is 12.5. The molecule has 0 aromatic heterocycles. The fraction of sp³-hybridized carbons (Fsp3) is 0.588. The van der Waals surface area contributed by atoms with Crippen LogP contribution in [0.15, 0.2) is 29.2 Å². The van der Waals surface area contributed by atoms with Gasteiger partial charge in [-0.15, -0.1) is 0 Å². The zero-order chi connectivity index (χ0) is 16.9. The van der Waals surface area contributed by atoms with E-state index >= 15 is 0 Å². The van der Waals surface area contributed by atoms with Crippen LogP contribution in [-0.4, -0.2) is 38.9 Å². The molecule has 1 saturated heterocycles. The molecular weight excluding hydrogens is 312 g/mol. The molecule has 1 aliphatic heterocycles. The van der Waals surface area contributed by atoms with Crippen LogP contribution in [0.4, 0.5) is 0 Å². The molecule has 0 radical (unpaired) electrons. The number of hydrogen-bond donors (Lipinski definition) is 1. The maximum Gasteiger partial charge on any atom is 0.253 e. The third-order valence-corrected chi connectivity index (χ3v) is 5.43. The maximum atomic E-state index is 12.5. The van der Waals surface area contributed by atoms with Gasteiger partial charge in [0.1, 0.15) is 0 Å². The highest BCUT2D eigenvalue weighted by Gasteiger charge is 2.19. The van der Waals surface area contributed by atoms with Crippen molar-refractivity contribution in [2.45, 2.75) is 44.4 Å². The molecule has 0 aliphatic carbocycles. The topological polar surface area (TPSA) is 66.5 Å². The van der Waals surface area contributed by atoms with Gasteiger partial charge in [0.05, 0.1) is 4.90 Å². The average Bonchev–Trinajstić information content (AvgIpc) is 2.82. The van der Waals surface area contributed by atoms with E-state index in [0.717, 1.165) is 25.9 Å². The van der Waals surface area contributed by atoms with Crippen LogP contribution in [0.5, 0.6) is 0 Å². The Balaban J connectivity index is 2.07. The van der Waals surface area contributed by atoms with Crippen molar-refractivity contribution in [1.82, 2.24) is 9.62 Å². The summed E-state index contributed by atoms with van der Waals surface area (Å²) in [5.41, 5.74) is 0.551. The minimum atomic E-state index is -3.50. The van der Waals surface area contributed by atoms with E-state index in [1.165, 1.54) is 25.0 Å². The summed E-state index contributed by atoms with van der Waals surface area (Å²) in [6.45, 7) is 5.87. The lowest BCUT2D eigenvalue weighted by molar-refractivity contribution is 0.0761. The lowest BCUT2D eigenvalue weighted by Gasteiger charge is -2.20. The Bertz CT molecular complexity index is 616. The molecule has 1 N–H and O–H groups in total. The van der Waals surface area contributed by atoms with Crippen molar-refractivity contribution >= 4 is 15.9 Å². The number of hydrogen-bond acceptors (Lipinski definition) is 3. The van der Waals surface area contributed by atoms with Crippen LogP contribution in [0.2, 0.25) is 0 Å². The van der Waals surface area contributed by atoms with Crippen LogP contribution in [0.25, 0.3) is 0 Å². The summed E-state index contributed by atoms with van der Waals surface area (Å²) in [6, 6.07) is 6.23. The third kappa shape index (κ3) is 5.04. The normalized spacial score (nSPS) is 16.4. The Kier molecular flexibility index (Phi) is 6.18.